The predicted octanol–water partition coefficient (Wildman–Crippen LogP) is 2.35. The molecule has 0 N–H and O–H groups in total. The van der Waals surface area contributed by atoms with Crippen LogP contribution in [0.15, 0.2) is 30.5 Å². The van der Waals surface area contributed by atoms with E-state index in [9.17, 15) is 13.6 Å². The number of amides is 1. The van der Waals surface area contributed by atoms with Crippen molar-refractivity contribution in [1.82, 2.24) is 13.6 Å². The second kappa shape index (κ2) is 6.97. The minimum Gasteiger partial charge on any atom is -0.435 e. The molecule has 1 atom stereocenters. The van der Waals surface area contributed by atoms with E-state index in [4.69, 9.17) is 4.74 Å². The summed E-state index contributed by atoms with van der Waals surface area (Å²) in [5.74, 6) is -0.106. The monoisotopic (exact) mass is 341 g/mol. The molecule has 0 unspecified atom stereocenters. The van der Waals surface area contributed by atoms with E-state index >= 15 is 0 Å². The Morgan fingerprint density at radius 1 is 1.39 bits per heavy atom. The first-order valence-electron chi connectivity index (χ1n) is 6.86. The Labute approximate surface area is 135 Å². The van der Waals surface area contributed by atoms with Gasteiger partial charge in [0.05, 0.1) is 31.1 Å². The van der Waals surface area contributed by atoms with Gasteiger partial charge in [0.25, 0.3) is 5.91 Å². The van der Waals surface area contributed by atoms with Crippen LogP contribution in [0.3, 0.4) is 0 Å². The van der Waals surface area contributed by atoms with Crippen molar-refractivity contribution in [2.24, 2.45) is 0 Å². The second-order valence-electron chi connectivity index (χ2n) is 4.85. The fourth-order valence-electron chi connectivity index (χ4n) is 2.32. The van der Waals surface area contributed by atoms with Gasteiger partial charge in [-0.1, -0.05) is 12.1 Å². The first-order chi connectivity index (χ1) is 11.1. The van der Waals surface area contributed by atoms with Crippen molar-refractivity contribution in [3.8, 4) is 5.75 Å². The molecule has 0 spiro atoms. The molecule has 2 heterocycles. The average Bonchev–Trinajstić information content (AvgIpc) is 3.09. The molecule has 23 heavy (non-hydrogen) atoms. The molecule has 3 rings (SSSR count). The normalized spacial score (nSPS) is 18.2. The van der Waals surface area contributed by atoms with Crippen molar-refractivity contribution in [3.63, 3.8) is 0 Å². The molecule has 0 saturated carbocycles. The van der Waals surface area contributed by atoms with E-state index in [1.807, 2.05) is 0 Å². The predicted molar refractivity (Wildman–Crippen MR) is 77.6 cm³/mol. The second-order valence-corrected chi connectivity index (χ2v) is 5.41. The van der Waals surface area contributed by atoms with Gasteiger partial charge >= 0.3 is 6.61 Å². The Balaban J connectivity index is 1.67. The maximum atomic E-state index is 12.3. The Morgan fingerprint density at radius 2 is 2.17 bits per heavy atom. The number of morpholine rings is 1. The number of hydrogen-bond donors (Lipinski definition) is 0. The van der Waals surface area contributed by atoms with Crippen LogP contribution in [0.5, 0.6) is 5.75 Å². The number of ether oxygens (including phenoxy) is 2. The van der Waals surface area contributed by atoms with Gasteiger partial charge in [-0.2, -0.15) is 17.5 Å². The summed E-state index contributed by atoms with van der Waals surface area (Å²) in [6.07, 6.45) is 1.12. The minimum absolute atomic E-state index is 0.0843. The molecule has 1 saturated heterocycles. The van der Waals surface area contributed by atoms with E-state index in [-0.39, 0.29) is 17.8 Å². The van der Waals surface area contributed by atoms with Crippen LogP contribution in [-0.2, 0) is 4.74 Å². The van der Waals surface area contributed by atoms with Gasteiger partial charge in [0, 0.05) is 6.54 Å². The molecular formula is C14H13F2N3O3S. The van der Waals surface area contributed by atoms with Crippen LogP contribution in [0.2, 0.25) is 0 Å². The average molecular weight is 341 g/mol. The Hall–Kier alpha value is -2.13. The molecule has 0 aliphatic carbocycles. The summed E-state index contributed by atoms with van der Waals surface area (Å²) in [5.41, 5.74) is 1.11. The van der Waals surface area contributed by atoms with E-state index in [0.717, 1.165) is 17.3 Å². The van der Waals surface area contributed by atoms with Crippen molar-refractivity contribution in [2.75, 3.05) is 19.7 Å². The van der Waals surface area contributed by atoms with Gasteiger partial charge in [0.1, 0.15) is 11.9 Å². The molecule has 1 fully saturated rings. The van der Waals surface area contributed by atoms with Crippen molar-refractivity contribution in [2.45, 2.75) is 12.7 Å². The summed E-state index contributed by atoms with van der Waals surface area (Å²) in [5, 5.41) is 0. The van der Waals surface area contributed by atoms with Crippen molar-refractivity contribution in [3.05, 3.63) is 41.7 Å². The van der Waals surface area contributed by atoms with E-state index in [2.05, 4.69) is 13.5 Å². The van der Waals surface area contributed by atoms with Gasteiger partial charge in [-0.3, -0.25) is 4.79 Å². The lowest BCUT2D eigenvalue weighted by atomic mass is 10.1. The largest absolute Gasteiger partial charge is 0.435 e. The van der Waals surface area contributed by atoms with Gasteiger partial charge in [-0.15, -0.1) is 0 Å². The summed E-state index contributed by atoms with van der Waals surface area (Å²) < 4.78 is 42.0. The number of alkyl halides is 2. The van der Waals surface area contributed by atoms with Gasteiger partial charge in [0.15, 0.2) is 5.69 Å². The summed E-state index contributed by atoms with van der Waals surface area (Å²) in [4.78, 5) is 13.9. The smallest absolute Gasteiger partial charge is 0.387 e. The number of hydrogen-bond acceptors (Lipinski definition) is 6. The summed E-state index contributed by atoms with van der Waals surface area (Å²) in [6.45, 7) is -1.62. The third kappa shape index (κ3) is 3.80. The molecule has 0 radical (unpaired) electrons. The number of carbonyl (C=O) groups is 1. The lowest BCUT2D eigenvalue weighted by Crippen LogP contribution is -2.42. The van der Waals surface area contributed by atoms with E-state index < -0.39 is 6.61 Å². The van der Waals surface area contributed by atoms with E-state index in [1.54, 1.807) is 17.0 Å². The lowest BCUT2D eigenvalue weighted by molar-refractivity contribution is -0.0499. The zero-order valence-electron chi connectivity index (χ0n) is 11.9. The molecule has 0 bridgehead atoms. The molecule has 1 amide bonds. The molecule has 1 aliphatic heterocycles. The first kappa shape index (κ1) is 15.8. The Morgan fingerprint density at radius 3 is 2.83 bits per heavy atom. The summed E-state index contributed by atoms with van der Waals surface area (Å²) >= 11 is 0.982. The Kier molecular flexibility index (Phi) is 4.77. The van der Waals surface area contributed by atoms with Crippen LogP contribution in [0, 0.1) is 0 Å². The number of carbonyl (C=O) groups excluding carboxylic acids is 1. The molecular weight excluding hydrogens is 328 g/mol. The standard InChI is InChI=1S/C14H13F2N3O3S/c15-14(16)22-10-3-1-9(2-4-10)12-8-19(5-6-21-12)13(20)11-7-17-23-18-11/h1-4,7,12,14H,5-6,8H2/t12-/m0/s1. The minimum atomic E-state index is -2.85. The van der Waals surface area contributed by atoms with Crippen LogP contribution in [0.4, 0.5) is 8.78 Å². The lowest BCUT2D eigenvalue weighted by Gasteiger charge is -2.32. The number of nitrogens with zero attached hydrogens (tertiary/aromatic N) is 3. The number of benzene rings is 1. The van der Waals surface area contributed by atoms with Gasteiger partial charge in [-0.05, 0) is 17.7 Å². The highest BCUT2D eigenvalue weighted by molar-refractivity contribution is 6.99. The van der Waals surface area contributed by atoms with Crippen molar-refractivity contribution < 1.29 is 23.0 Å². The van der Waals surface area contributed by atoms with Crippen LogP contribution < -0.4 is 4.74 Å². The quantitative estimate of drug-likeness (QED) is 0.854. The fraction of sp³-hybridized carbons (Fsp3) is 0.357. The number of halogens is 2. The third-order valence-electron chi connectivity index (χ3n) is 3.41. The molecule has 1 aliphatic rings. The molecule has 1 aromatic carbocycles. The highest BCUT2D eigenvalue weighted by Gasteiger charge is 2.27. The molecule has 2 aromatic rings. The first-order valence-corrected chi connectivity index (χ1v) is 7.60. The number of rotatable bonds is 4. The van der Waals surface area contributed by atoms with Crippen LogP contribution in [0.25, 0.3) is 0 Å². The summed E-state index contributed by atoms with van der Waals surface area (Å²) in [7, 11) is 0. The third-order valence-corrected chi connectivity index (χ3v) is 3.89. The van der Waals surface area contributed by atoms with Gasteiger partial charge < -0.3 is 14.4 Å². The highest BCUT2D eigenvalue weighted by Crippen LogP contribution is 2.25. The van der Waals surface area contributed by atoms with Crippen LogP contribution in [0.1, 0.15) is 22.2 Å². The van der Waals surface area contributed by atoms with Gasteiger partial charge in [-0.25, -0.2) is 0 Å². The SMILES string of the molecule is O=C(c1cnsn1)N1CCO[C@H](c2ccc(OC(F)F)cc2)C1. The van der Waals surface area contributed by atoms with E-state index in [0.29, 0.717) is 25.4 Å². The van der Waals surface area contributed by atoms with Crippen LogP contribution >= 0.6 is 11.7 Å². The van der Waals surface area contributed by atoms with Crippen LogP contribution in [-0.4, -0.2) is 45.9 Å². The zero-order chi connectivity index (χ0) is 16.2. The van der Waals surface area contributed by atoms with Crippen molar-refractivity contribution >= 4 is 17.6 Å². The molecule has 9 heteroatoms. The molecule has 6 nitrogen and oxygen atoms in total. The van der Waals surface area contributed by atoms with E-state index in [1.165, 1.54) is 18.3 Å². The van der Waals surface area contributed by atoms with Gasteiger partial charge in [0.2, 0.25) is 0 Å². The van der Waals surface area contributed by atoms with Crippen molar-refractivity contribution in [1.29, 1.82) is 0 Å². The maximum Gasteiger partial charge on any atom is 0.387 e. The summed E-state index contributed by atoms with van der Waals surface area (Å²) in [6, 6.07) is 6.22. The molecule has 122 valence electrons. The molecule has 1 aromatic heterocycles. The highest BCUT2D eigenvalue weighted by atomic mass is 32.1. The number of aromatic nitrogens is 2. The fourth-order valence-corrected chi connectivity index (χ4v) is 2.73. The maximum absolute atomic E-state index is 12.3. The Bertz CT molecular complexity index is 652. The zero-order valence-corrected chi connectivity index (χ0v) is 12.7. The topological polar surface area (TPSA) is 64.6 Å².